The van der Waals surface area contributed by atoms with Crippen LogP contribution in [0.4, 0.5) is 13.2 Å². The van der Waals surface area contributed by atoms with Crippen molar-refractivity contribution in [2.75, 3.05) is 13.1 Å². The van der Waals surface area contributed by atoms with E-state index in [4.69, 9.17) is 0 Å². The molecule has 0 unspecified atom stereocenters. The summed E-state index contributed by atoms with van der Waals surface area (Å²) in [5, 5.41) is 9.80. The number of fused-ring (bicyclic) bond motifs is 1. The highest BCUT2D eigenvalue weighted by Crippen LogP contribution is 2.38. The van der Waals surface area contributed by atoms with Crippen LogP contribution in [-0.4, -0.2) is 29.1 Å². The van der Waals surface area contributed by atoms with Crippen molar-refractivity contribution in [1.29, 1.82) is 5.26 Å². The Kier molecular flexibility index (Phi) is 5.23. The van der Waals surface area contributed by atoms with Crippen LogP contribution in [0, 0.1) is 11.3 Å². The maximum atomic E-state index is 12.9. The first kappa shape index (κ1) is 19.4. The van der Waals surface area contributed by atoms with Crippen LogP contribution >= 0.6 is 0 Å². The van der Waals surface area contributed by atoms with Gasteiger partial charge in [0.05, 0.1) is 23.4 Å². The molecule has 0 radical (unpaired) electrons. The Morgan fingerprint density at radius 2 is 1.79 bits per heavy atom. The molecule has 1 saturated heterocycles. The molecule has 29 heavy (non-hydrogen) atoms. The van der Waals surface area contributed by atoms with Gasteiger partial charge >= 0.3 is 6.18 Å². The average molecular weight is 397 g/mol. The molecule has 0 amide bonds. The molecule has 0 spiro atoms. The van der Waals surface area contributed by atoms with Crippen molar-refractivity contribution in [1.82, 2.24) is 9.80 Å². The lowest BCUT2D eigenvalue weighted by Crippen LogP contribution is -2.35. The van der Waals surface area contributed by atoms with Crippen molar-refractivity contribution >= 4 is 0 Å². The van der Waals surface area contributed by atoms with Gasteiger partial charge in [-0.25, -0.2) is 0 Å². The van der Waals surface area contributed by atoms with E-state index >= 15 is 0 Å². The molecule has 3 aliphatic rings. The summed E-state index contributed by atoms with van der Waals surface area (Å²) < 4.78 is 38.8. The number of hydrogen-bond acceptors (Lipinski definition) is 3. The zero-order valence-corrected chi connectivity index (χ0v) is 16.0. The fourth-order valence-corrected chi connectivity index (χ4v) is 4.34. The highest BCUT2D eigenvalue weighted by molar-refractivity contribution is 5.54. The quantitative estimate of drug-likeness (QED) is 0.665. The van der Waals surface area contributed by atoms with Crippen molar-refractivity contribution < 1.29 is 13.2 Å². The highest BCUT2D eigenvalue weighted by atomic mass is 19.4. The Hall–Kier alpha value is -2.94. The molecule has 1 fully saturated rings. The lowest BCUT2D eigenvalue weighted by molar-refractivity contribution is -0.129. The van der Waals surface area contributed by atoms with Gasteiger partial charge < -0.3 is 9.80 Å². The largest absolute Gasteiger partial charge is 0.394 e. The van der Waals surface area contributed by atoms with Crippen LogP contribution in [0.1, 0.15) is 37.2 Å². The third kappa shape index (κ3) is 4.09. The zero-order valence-electron chi connectivity index (χ0n) is 16.0. The van der Waals surface area contributed by atoms with Crippen LogP contribution in [0.15, 0.2) is 77.4 Å². The van der Waals surface area contributed by atoms with Gasteiger partial charge in [0, 0.05) is 25.0 Å². The molecule has 3 aliphatic heterocycles. The number of nitriles is 1. The van der Waals surface area contributed by atoms with E-state index in [-0.39, 0.29) is 5.70 Å². The van der Waals surface area contributed by atoms with Gasteiger partial charge in [0.1, 0.15) is 6.07 Å². The second-order valence-corrected chi connectivity index (χ2v) is 7.54. The van der Waals surface area contributed by atoms with Crippen molar-refractivity contribution in [3.05, 3.63) is 83.0 Å². The molecule has 0 atom stereocenters. The molecule has 0 aliphatic carbocycles. The summed E-state index contributed by atoms with van der Waals surface area (Å²) in [7, 11) is 0. The first-order chi connectivity index (χ1) is 14.0. The molecular weight excluding hydrogens is 375 g/mol. The standard InChI is InChI=1S/C23H22F3N3/c24-23(25,26)15-19-7-4-8-22-20(16-27)21(11-14-29(19)22)28-12-9-18(10-13-28)17-5-2-1-3-6-17/h1-3,5-8,11,14,18H,4,9-10,12-13,15H2. The summed E-state index contributed by atoms with van der Waals surface area (Å²) in [5.41, 5.74) is 3.36. The average Bonchev–Trinajstić information content (AvgIpc) is 2.73. The second-order valence-electron chi connectivity index (χ2n) is 7.54. The fourth-order valence-electron chi connectivity index (χ4n) is 4.34. The summed E-state index contributed by atoms with van der Waals surface area (Å²) in [4.78, 5) is 3.70. The first-order valence-electron chi connectivity index (χ1n) is 9.84. The number of rotatable bonds is 3. The van der Waals surface area contributed by atoms with Crippen LogP contribution in [0.25, 0.3) is 0 Å². The van der Waals surface area contributed by atoms with E-state index in [1.807, 2.05) is 12.1 Å². The van der Waals surface area contributed by atoms with Gasteiger partial charge in [-0.2, -0.15) is 18.4 Å². The molecule has 0 aromatic heterocycles. The summed E-state index contributed by atoms with van der Waals surface area (Å²) >= 11 is 0. The molecule has 150 valence electrons. The number of alkyl halides is 3. The Morgan fingerprint density at radius 1 is 1.07 bits per heavy atom. The fraction of sp³-hybridized carbons (Fsp3) is 0.348. The number of nitrogens with zero attached hydrogens (tertiary/aromatic N) is 3. The van der Waals surface area contributed by atoms with Crippen LogP contribution in [0.3, 0.4) is 0 Å². The summed E-state index contributed by atoms with van der Waals surface area (Å²) in [6.07, 6.45) is 3.97. The number of piperidine rings is 1. The van der Waals surface area contributed by atoms with Gasteiger partial charge in [0.2, 0.25) is 0 Å². The molecule has 1 aromatic carbocycles. The monoisotopic (exact) mass is 397 g/mol. The Balaban J connectivity index is 1.52. The maximum Gasteiger partial charge on any atom is 0.394 e. The number of likely N-dealkylation sites (tertiary alicyclic amines) is 1. The van der Waals surface area contributed by atoms with Gasteiger partial charge in [0.25, 0.3) is 0 Å². The van der Waals surface area contributed by atoms with E-state index in [2.05, 4.69) is 35.2 Å². The second kappa shape index (κ2) is 7.82. The minimum absolute atomic E-state index is 0.181. The van der Waals surface area contributed by atoms with Crippen LogP contribution < -0.4 is 0 Å². The molecular formula is C23H22F3N3. The van der Waals surface area contributed by atoms with E-state index < -0.39 is 12.6 Å². The van der Waals surface area contributed by atoms with E-state index in [0.717, 1.165) is 31.6 Å². The molecule has 3 nitrogen and oxygen atoms in total. The minimum Gasteiger partial charge on any atom is -0.370 e. The number of hydrogen-bond donors (Lipinski definition) is 0. The van der Waals surface area contributed by atoms with Gasteiger partial charge in [-0.3, -0.25) is 0 Å². The van der Waals surface area contributed by atoms with Crippen molar-refractivity contribution in [3.63, 3.8) is 0 Å². The third-order valence-corrected chi connectivity index (χ3v) is 5.73. The number of halogens is 3. The van der Waals surface area contributed by atoms with Crippen LogP contribution in [-0.2, 0) is 0 Å². The minimum atomic E-state index is -4.28. The first-order valence-corrected chi connectivity index (χ1v) is 9.84. The number of allylic oxidation sites excluding steroid dienone is 5. The normalized spacial score (nSPS) is 20.2. The van der Waals surface area contributed by atoms with E-state index in [9.17, 15) is 18.4 Å². The lowest BCUT2D eigenvalue weighted by Gasteiger charge is -2.39. The topological polar surface area (TPSA) is 30.3 Å². The van der Waals surface area contributed by atoms with E-state index in [1.54, 1.807) is 18.4 Å². The van der Waals surface area contributed by atoms with Crippen LogP contribution in [0.2, 0.25) is 0 Å². The smallest absolute Gasteiger partial charge is 0.370 e. The number of benzene rings is 1. The lowest BCUT2D eigenvalue weighted by atomic mass is 9.88. The van der Waals surface area contributed by atoms with Crippen molar-refractivity contribution in [3.8, 4) is 6.07 Å². The highest BCUT2D eigenvalue weighted by Gasteiger charge is 2.35. The SMILES string of the molecule is N#CC1=C(N2CCC(c3ccccc3)CC2)C=CN2C(CC(F)(F)F)=CCC=C12. The third-order valence-electron chi connectivity index (χ3n) is 5.73. The molecule has 4 rings (SSSR count). The molecule has 1 aromatic rings. The molecule has 3 heterocycles. The van der Waals surface area contributed by atoms with Crippen molar-refractivity contribution in [2.24, 2.45) is 0 Å². The Bertz CT molecular complexity index is 924. The predicted molar refractivity (Wildman–Crippen MR) is 105 cm³/mol. The Morgan fingerprint density at radius 3 is 2.45 bits per heavy atom. The van der Waals surface area contributed by atoms with Crippen molar-refractivity contribution in [2.45, 2.75) is 37.8 Å². The van der Waals surface area contributed by atoms with Gasteiger partial charge in [-0.1, -0.05) is 42.5 Å². The Labute approximate surface area is 168 Å². The molecule has 0 N–H and O–H groups in total. The summed E-state index contributed by atoms with van der Waals surface area (Å²) in [6, 6.07) is 12.7. The summed E-state index contributed by atoms with van der Waals surface area (Å²) in [5.74, 6) is 0.498. The summed E-state index contributed by atoms with van der Waals surface area (Å²) in [6.45, 7) is 1.64. The maximum absolute atomic E-state index is 12.9. The van der Waals surface area contributed by atoms with Gasteiger partial charge in [-0.15, -0.1) is 0 Å². The van der Waals surface area contributed by atoms with E-state index in [0.29, 0.717) is 23.6 Å². The van der Waals surface area contributed by atoms with Crippen LogP contribution in [0.5, 0.6) is 0 Å². The van der Waals surface area contributed by atoms with Gasteiger partial charge in [-0.05, 0) is 36.8 Å². The molecule has 0 bridgehead atoms. The van der Waals surface area contributed by atoms with E-state index in [1.165, 1.54) is 10.5 Å². The molecule has 0 saturated carbocycles. The zero-order chi connectivity index (χ0) is 20.4. The molecule has 6 heteroatoms. The van der Waals surface area contributed by atoms with Gasteiger partial charge in [0.15, 0.2) is 0 Å². The predicted octanol–water partition coefficient (Wildman–Crippen LogP) is 5.60.